The van der Waals surface area contributed by atoms with E-state index in [4.69, 9.17) is 25.4 Å². The number of hydrogen-bond donors (Lipinski definition) is 4. The van der Waals surface area contributed by atoms with Gasteiger partial charge in [0.15, 0.2) is 5.13 Å². The minimum absolute atomic E-state index is 0.0220. The Balaban J connectivity index is 1.15. The van der Waals surface area contributed by atoms with E-state index in [1.54, 1.807) is 7.05 Å². The fraction of sp³-hybridized carbons (Fsp3) is 0.656. The van der Waals surface area contributed by atoms with Crippen LogP contribution >= 0.6 is 23.3 Å². The highest BCUT2D eigenvalue weighted by Crippen LogP contribution is 2.42. The van der Waals surface area contributed by atoms with Crippen LogP contribution in [0.2, 0.25) is 0 Å². The van der Waals surface area contributed by atoms with Gasteiger partial charge >= 0.3 is 12.1 Å². The number of carbonyl (C=O) groups is 4. The van der Waals surface area contributed by atoms with Crippen LogP contribution < -0.4 is 16.4 Å². The number of esters is 1. The fourth-order valence-electron chi connectivity index (χ4n) is 7.30. The number of ether oxygens (including phenoxy) is 3. The van der Waals surface area contributed by atoms with Crippen molar-refractivity contribution in [1.29, 1.82) is 5.41 Å². The molecule has 4 fully saturated rings. The van der Waals surface area contributed by atoms with E-state index in [0.717, 1.165) is 42.1 Å². The Morgan fingerprint density at radius 3 is 2.67 bits per heavy atom. The van der Waals surface area contributed by atoms with Crippen LogP contribution in [0.4, 0.5) is 14.3 Å². The molecular weight excluding hydrogens is 750 g/mol. The minimum atomic E-state index is -1.38. The third kappa shape index (κ3) is 9.03. The standard InChI is InChI=1S/C32H44FN11O8S2/c1-17(51-32(48)52-21-8-7-18-5-3-4-6-19(18)13-21)50-29(47)24-20(14-37-42(2)31(35)43-11-9-36-10-12-43)15-53-28-23(27(46)44(24)28)38-26(45)22(40-49-16-33)25-39-30(34)54-41-25/h14,17-19,21,23,28,35-36H,3-13,15-16H2,1-2H3,(H,38,45)(H2,34,39,41). The van der Waals surface area contributed by atoms with Crippen molar-refractivity contribution < 1.29 is 42.6 Å². The second kappa shape index (κ2) is 17.7. The van der Waals surface area contributed by atoms with Crippen molar-refractivity contribution in [2.75, 3.05) is 51.6 Å². The van der Waals surface area contributed by atoms with Gasteiger partial charge in [-0.3, -0.25) is 19.9 Å². The van der Waals surface area contributed by atoms with Gasteiger partial charge in [0.25, 0.3) is 18.7 Å². The molecule has 0 aromatic carbocycles. The van der Waals surface area contributed by atoms with E-state index < -0.39 is 54.2 Å². The van der Waals surface area contributed by atoms with Crippen LogP contribution in [-0.4, -0.2) is 136 Å². The Bertz CT molecular complexity index is 1690. The number of carbonyl (C=O) groups excluding carboxylic acids is 4. The maximum Gasteiger partial charge on any atom is 0.511 e. The molecular formula is C32H44FN11O8S2. The van der Waals surface area contributed by atoms with Gasteiger partial charge in [-0.25, -0.2) is 19.0 Å². The number of alkyl halides is 1. The predicted molar refractivity (Wildman–Crippen MR) is 195 cm³/mol. The molecule has 2 saturated carbocycles. The van der Waals surface area contributed by atoms with E-state index in [0.29, 0.717) is 43.6 Å². The van der Waals surface area contributed by atoms with Crippen molar-refractivity contribution >= 4 is 70.3 Å². The summed E-state index contributed by atoms with van der Waals surface area (Å²) in [5, 5.41) is 22.8. The van der Waals surface area contributed by atoms with Crippen molar-refractivity contribution in [2.45, 2.75) is 75.7 Å². The molecule has 6 unspecified atom stereocenters. The van der Waals surface area contributed by atoms with Gasteiger partial charge in [0.1, 0.15) is 23.2 Å². The van der Waals surface area contributed by atoms with Gasteiger partial charge in [0, 0.05) is 63.0 Å². The first kappa shape index (κ1) is 39.1. The van der Waals surface area contributed by atoms with Crippen molar-refractivity contribution in [2.24, 2.45) is 22.1 Å². The lowest BCUT2D eigenvalue weighted by atomic mass is 9.70. The molecule has 0 bridgehead atoms. The summed E-state index contributed by atoms with van der Waals surface area (Å²) in [5.41, 5.74) is 5.25. The predicted octanol–water partition coefficient (Wildman–Crippen LogP) is 1.58. The van der Waals surface area contributed by atoms with Crippen LogP contribution in [0, 0.1) is 17.2 Å². The number of oxime groups is 1. The zero-order valence-electron chi connectivity index (χ0n) is 29.9. The van der Waals surface area contributed by atoms with Gasteiger partial charge in [-0.2, -0.15) is 14.5 Å². The number of hydrazone groups is 1. The second-order valence-electron chi connectivity index (χ2n) is 13.4. The molecule has 4 heterocycles. The van der Waals surface area contributed by atoms with E-state index >= 15 is 0 Å². The molecule has 22 heteroatoms. The first-order valence-electron chi connectivity index (χ1n) is 17.8. The molecule has 2 aliphatic carbocycles. The van der Waals surface area contributed by atoms with Crippen LogP contribution in [0.25, 0.3) is 0 Å². The molecule has 2 saturated heterocycles. The van der Waals surface area contributed by atoms with Gasteiger partial charge in [0.05, 0.1) is 6.21 Å². The maximum atomic E-state index is 13.8. The normalized spacial score (nSPS) is 26.2. The highest BCUT2D eigenvalue weighted by Gasteiger charge is 2.55. The van der Waals surface area contributed by atoms with Gasteiger partial charge < -0.3 is 40.3 Å². The third-order valence-electron chi connectivity index (χ3n) is 9.95. The summed E-state index contributed by atoms with van der Waals surface area (Å²) in [6.45, 7) is 2.70. The monoisotopic (exact) mass is 793 g/mol. The molecule has 5 aliphatic rings. The summed E-state index contributed by atoms with van der Waals surface area (Å²) in [6.07, 6.45) is 6.04. The molecule has 5 N–H and O–H groups in total. The summed E-state index contributed by atoms with van der Waals surface area (Å²) in [7, 11) is 1.59. The number of aromatic nitrogens is 2. The molecule has 6 rings (SSSR count). The molecule has 0 spiro atoms. The fourth-order valence-corrected chi connectivity index (χ4v) is 9.04. The average molecular weight is 794 g/mol. The number of hydrogen-bond acceptors (Lipinski definition) is 17. The van der Waals surface area contributed by atoms with Gasteiger partial charge in [-0.1, -0.05) is 30.8 Å². The topological polar surface area (TPSA) is 239 Å². The Morgan fingerprint density at radius 2 is 1.94 bits per heavy atom. The van der Waals surface area contributed by atoms with Gasteiger partial charge in [0.2, 0.25) is 23.8 Å². The van der Waals surface area contributed by atoms with Crippen LogP contribution in [0.1, 0.15) is 57.7 Å². The third-order valence-corrected chi connectivity index (χ3v) is 11.8. The lowest BCUT2D eigenvalue weighted by Gasteiger charge is -2.49. The number of anilines is 1. The maximum absolute atomic E-state index is 13.8. The number of amides is 2. The molecule has 1 aromatic rings. The number of fused-ring (bicyclic) bond motifs is 2. The van der Waals surface area contributed by atoms with Crippen LogP contribution in [0.3, 0.4) is 0 Å². The minimum Gasteiger partial charge on any atom is -0.431 e. The van der Waals surface area contributed by atoms with E-state index in [2.05, 4.69) is 35.1 Å². The Morgan fingerprint density at radius 1 is 1.19 bits per heavy atom. The van der Waals surface area contributed by atoms with Crippen molar-refractivity contribution in [3.05, 3.63) is 17.1 Å². The molecule has 2 amide bonds. The molecule has 0 radical (unpaired) electrons. The quantitative estimate of drug-likeness (QED) is 0.0621. The number of piperazine rings is 1. The molecule has 1 aromatic heterocycles. The highest BCUT2D eigenvalue weighted by atomic mass is 32.2. The first-order chi connectivity index (χ1) is 26.0. The van der Waals surface area contributed by atoms with Gasteiger partial charge in [-0.15, -0.1) is 11.8 Å². The smallest absolute Gasteiger partial charge is 0.431 e. The number of guanidine groups is 1. The van der Waals surface area contributed by atoms with Crippen molar-refractivity contribution in [3.8, 4) is 0 Å². The number of nitrogens with one attached hydrogen (secondary N) is 3. The van der Waals surface area contributed by atoms with Crippen LogP contribution in [0.15, 0.2) is 21.5 Å². The number of halogens is 1. The molecule has 19 nitrogen and oxygen atoms in total. The molecule has 3 aliphatic heterocycles. The summed E-state index contributed by atoms with van der Waals surface area (Å²) >= 11 is 2.01. The number of nitrogens with zero attached hydrogens (tertiary/aromatic N) is 7. The molecule has 6 atom stereocenters. The average Bonchev–Trinajstić information content (AvgIpc) is 3.60. The second-order valence-corrected chi connectivity index (χ2v) is 15.3. The number of β-lactam (4-membered cyclic amide) rings is 1. The number of nitrogen functional groups attached to an aromatic ring is 1. The summed E-state index contributed by atoms with van der Waals surface area (Å²) in [6, 6.07) is -1.15. The zero-order valence-corrected chi connectivity index (χ0v) is 31.5. The van der Waals surface area contributed by atoms with E-state index in [9.17, 15) is 23.6 Å². The number of thioether (sulfide) groups is 1. The van der Waals surface area contributed by atoms with Crippen LogP contribution in [0.5, 0.6) is 0 Å². The number of nitrogens with two attached hydrogens (primary N) is 1. The first-order valence-corrected chi connectivity index (χ1v) is 19.6. The van der Waals surface area contributed by atoms with E-state index in [1.807, 2.05) is 4.90 Å². The largest absolute Gasteiger partial charge is 0.511 e. The zero-order chi connectivity index (χ0) is 38.4. The molecule has 54 heavy (non-hydrogen) atoms. The molecule has 294 valence electrons. The van der Waals surface area contributed by atoms with E-state index in [-0.39, 0.29) is 34.5 Å². The Labute approximate surface area is 318 Å². The SMILES string of the molecule is CC(OC(=O)OC1CCC2CCCCC2C1)OC(=O)C1=C(C=NN(C)C(=N)N2CCNCC2)CSC2C(NC(=O)C(=NOCF)c3nsc(N)n3)C(=O)N12. The van der Waals surface area contributed by atoms with Crippen molar-refractivity contribution in [1.82, 2.24) is 34.8 Å². The lowest BCUT2D eigenvalue weighted by Crippen LogP contribution is -2.71. The number of rotatable bonds is 11. The van der Waals surface area contributed by atoms with Gasteiger partial charge in [-0.05, 0) is 31.1 Å². The van der Waals surface area contributed by atoms with Crippen molar-refractivity contribution in [3.63, 3.8) is 0 Å². The van der Waals surface area contributed by atoms with Crippen LogP contribution in [-0.2, 0) is 33.4 Å². The van der Waals surface area contributed by atoms with E-state index in [1.165, 1.54) is 49.2 Å². The lowest BCUT2D eigenvalue weighted by molar-refractivity contribution is -0.170. The summed E-state index contributed by atoms with van der Waals surface area (Å²) < 4.78 is 33.2. The highest BCUT2D eigenvalue weighted by molar-refractivity contribution is 8.00. The summed E-state index contributed by atoms with van der Waals surface area (Å²) in [5.74, 6) is -1.35. The Kier molecular flexibility index (Phi) is 12.8. The summed E-state index contributed by atoms with van der Waals surface area (Å²) in [4.78, 5) is 64.8. The Hall–Kier alpha value is -4.57.